The second kappa shape index (κ2) is 6.15. The van der Waals surface area contributed by atoms with Crippen LogP contribution in [0.2, 0.25) is 5.02 Å². The van der Waals surface area contributed by atoms with Crippen molar-refractivity contribution >= 4 is 11.6 Å². The van der Waals surface area contributed by atoms with Gasteiger partial charge in [0.1, 0.15) is 11.4 Å². The van der Waals surface area contributed by atoms with E-state index >= 15 is 0 Å². The van der Waals surface area contributed by atoms with Gasteiger partial charge in [-0.1, -0.05) is 25.4 Å². The SMILES string of the molecule is CCNC1CC2(CCOC(CC)C2)Oc2ccc(Cl)cc21. The Morgan fingerprint density at radius 2 is 2.19 bits per heavy atom. The molecule has 2 aliphatic heterocycles. The fraction of sp³-hybridized carbons (Fsp3) is 0.647. The van der Waals surface area contributed by atoms with Crippen molar-refractivity contribution in [2.45, 2.75) is 57.3 Å². The number of ether oxygens (including phenoxy) is 2. The summed E-state index contributed by atoms with van der Waals surface area (Å²) < 4.78 is 12.3. The molecule has 4 heteroatoms. The van der Waals surface area contributed by atoms with Gasteiger partial charge < -0.3 is 14.8 Å². The van der Waals surface area contributed by atoms with E-state index in [1.54, 1.807) is 0 Å². The second-order valence-corrected chi connectivity index (χ2v) is 6.57. The summed E-state index contributed by atoms with van der Waals surface area (Å²) in [6.07, 6.45) is 4.30. The summed E-state index contributed by atoms with van der Waals surface area (Å²) in [6.45, 7) is 6.06. The van der Waals surface area contributed by atoms with Crippen molar-refractivity contribution in [2.24, 2.45) is 0 Å². The zero-order valence-electron chi connectivity index (χ0n) is 12.8. The molecule has 1 fully saturated rings. The minimum Gasteiger partial charge on any atom is -0.487 e. The van der Waals surface area contributed by atoms with Crippen LogP contribution in [0.25, 0.3) is 0 Å². The molecule has 0 aliphatic carbocycles. The number of nitrogens with one attached hydrogen (secondary N) is 1. The van der Waals surface area contributed by atoms with Gasteiger partial charge in [0.15, 0.2) is 0 Å². The van der Waals surface area contributed by atoms with Crippen molar-refractivity contribution in [3.05, 3.63) is 28.8 Å². The maximum absolute atomic E-state index is 6.45. The highest BCUT2D eigenvalue weighted by Crippen LogP contribution is 2.46. The maximum atomic E-state index is 6.45. The Bertz CT molecular complexity index is 508. The molecule has 3 atom stereocenters. The fourth-order valence-corrected chi connectivity index (χ4v) is 3.78. The lowest BCUT2D eigenvalue weighted by atomic mass is 9.79. The molecule has 0 aromatic heterocycles. The summed E-state index contributed by atoms with van der Waals surface area (Å²) in [5.74, 6) is 0.980. The highest BCUT2D eigenvalue weighted by Gasteiger charge is 2.44. The smallest absolute Gasteiger partial charge is 0.125 e. The van der Waals surface area contributed by atoms with Crippen LogP contribution in [0.15, 0.2) is 18.2 Å². The number of fused-ring (bicyclic) bond motifs is 1. The normalized spacial score (nSPS) is 31.8. The van der Waals surface area contributed by atoms with Crippen LogP contribution in [0.1, 0.15) is 51.1 Å². The van der Waals surface area contributed by atoms with Crippen molar-refractivity contribution in [3.63, 3.8) is 0 Å². The standard InChI is InChI=1S/C17H24ClNO2/c1-3-13-10-17(7-8-20-13)11-15(19-4-2)14-9-12(18)5-6-16(14)21-17/h5-6,9,13,15,19H,3-4,7-8,10-11H2,1-2H3. The van der Waals surface area contributed by atoms with Gasteiger partial charge in [-0.3, -0.25) is 0 Å². The first-order valence-corrected chi connectivity index (χ1v) is 8.37. The molecule has 3 rings (SSSR count). The average molecular weight is 310 g/mol. The first-order chi connectivity index (χ1) is 10.2. The van der Waals surface area contributed by atoms with Crippen LogP contribution in [-0.2, 0) is 4.74 Å². The third-order valence-electron chi connectivity index (χ3n) is 4.67. The number of rotatable bonds is 3. The van der Waals surface area contributed by atoms with E-state index in [2.05, 4.69) is 19.2 Å². The number of hydrogen-bond donors (Lipinski definition) is 1. The van der Waals surface area contributed by atoms with Crippen molar-refractivity contribution in [2.75, 3.05) is 13.2 Å². The fourth-order valence-electron chi connectivity index (χ4n) is 3.60. The van der Waals surface area contributed by atoms with E-state index in [9.17, 15) is 0 Å². The zero-order valence-corrected chi connectivity index (χ0v) is 13.6. The molecule has 1 N–H and O–H groups in total. The Morgan fingerprint density at radius 1 is 1.33 bits per heavy atom. The van der Waals surface area contributed by atoms with Gasteiger partial charge in [0.2, 0.25) is 0 Å². The number of halogens is 1. The van der Waals surface area contributed by atoms with E-state index in [1.165, 1.54) is 5.56 Å². The average Bonchev–Trinajstić information content (AvgIpc) is 2.48. The van der Waals surface area contributed by atoms with Gasteiger partial charge in [-0.15, -0.1) is 0 Å². The summed E-state index contributed by atoms with van der Waals surface area (Å²) in [4.78, 5) is 0. The van der Waals surface area contributed by atoms with Crippen molar-refractivity contribution in [3.8, 4) is 5.75 Å². The van der Waals surface area contributed by atoms with E-state index in [0.29, 0.717) is 12.1 Å². The van der Waals surface area contributed by atoms with E-state index in [4.69, 9.17) is 21.1 Å². The number of benzene rings is 1. The summed E-state index contributed by atoms with van der Waals surface area (Å²) >= 11 is 6.16. The van der Waals surface area contributed by atoms with Crippen LogP contribution in [0.5, 0.6) is 5.75 Å². The van der Waals surface area contributed by atoms with Crippen LogP contribution >= 0.6 is 11.6 Å². The topological polar surface area (TPSA) is 30.5 Å². The van der Waals surface area contributed by atoms with Crippen molar-refractivity contribution in [1.29, 1.82) is 0 Å². The van der Waals surface area contributed by atoms with E-state index in [1.807, 2.05) is 18.2 Å². The number of hydrogen-bond acceptors (Lipinski definition) is 3. The predicted molar refractivity (Wildman–Crippen MR) is 85.1 cm³/mol. The first kappa shape index (κ1) is 15.1. The molecule has 1 aromatic carbocycles. The molecular weight excluding hydrogens is 286 g/mol. The second-order valence-electron chi connectivity index (χ2n) is 6.14. The summed E-state index contributed by atoms with van der Waals surface area (Å²) in [5.41, 5.74) is 1.10. The lowest BCUT2D eigenvalue weighted by molar-refractivity contribution is -0.103. The molecule has 1 spiro atoms. The Hall–Kier alpha value is -0.770. The first-order valence-electron chi connectivity index (χ1n) is 7.99. The summed E-state index contributed by atoms with van der Waals surface area (Å²) in [6, 6.07) is 6.28. The highest BCUT2D eigenvalue weighted by molar-refractivity contribution is 6.30. The Morgan fingerprint density at radius 3 is 2.95 bits per heavy atom. The highest BCUT2D eigenvalue weighted by atomic mass is 35.5. The van der Waals surface area contributed by atoms with Crippen LogP contribution in [0.3, 0.4) is 0 Å². The quantitative estimate of drug-likeness (QED) is 0.912. The largest absolute Gasteiger partial charge is 0.487 e. The van der Waals surface area contributed by atoms with Crippen LogP contribution in [-0.4, -0.2) is 24.9 Å². The third kappa shape index (κ3) is 3.05. The molecule has 0 radical (unpaired) electrons. The molecule has 3 unspecified atom stereocenters. The van der Waals surface area contributed by atoms with E-state index < -0.39 is 0 Å². The molecule has 21 heavy (non-hydrogen) atoms. The molecule has 2 aliphatic rings. The Labute approximate surface area is 132 Å². The van der Waals surface area contributed by atoms with Gasteiger partial charge in [-0.05, 0) is 31.2 Å². The molecule has 3 nitrogen and oxygen atoms in total. The van der Waals surface area contributed by atoms with E-state index in [-0.39, 0.29) is 5.60 Å². The van der Waals surface area contributed by atoms with Gasteiger partial charge in [-0.2, -0.15) is 0 Å². The van der Waals surface area contributed by atoms with Crippen LogP contribution in [0.4, 0.5) is 0 Å². The van der Waals surface area contributed by atoms with Gasteiger partial charge in [0, 0.05) is 35.9 Å². The Kier molecular flexibility index (Phi) is 4.43. The molecule has 116 valence electrons. The molecule has 0 bridgehead atoms. The van der Waals surface area contributed by atoms with Gasteiger partial charge >= 0.3 is 0 Å². The minimum absolute atomic E-state index is 0.0907. The summed E-state index contributed by atoms with van der Waals surface area (Å²) in [7, 11) is 0. The van der Waals surface area contributed by atoms with Crippen molar-refractivity contribution < 1.29 is 9.47 Å². The summed E-state index contributed by atoms with van der Waals surface area (Å²) in [5, 5.41) is 4.37. The van der Waals surface area contributed by atoms with E-state index in [0.717, 1.165) is 49.6 Å². The monoisotopic (exact) mass is 309 g/mol. The molecular formula is C17H24ClNO2. The van der Waals surface area contributed by atoms with Crippen molar-refractivity contribution in [1.82, 2.24) is 5.32 Å². The lowest BCUT2D eigenvalue weighted by Gasteiger charge is -2.46. The molecule has 1 aromatic rings. The minimum atomic E-state index is -0.0907. The van der Waals surface area contributed by atoms with Gasteiger partial charge in [-0.25, -0.2) is 0 Å². The zero-order chi connectivity index (χ0) is 14.9. The Balaban J connectivity index is 1.91. The molecule has 1 saturated heterocycles. The third-order valence-corrected chi connectivity index (χ3v) is 4.90. The molecule has 0 saturated carbocycles. The molecule has 2 heterocycles. The lowest BCUT2D eigenvalue weighted by Crippen LogP contribution is -2.50. The predicted octanol–water partition coefficient (Wildman–Crippen LogP) is 4.10. The van der Waals surface area contributed by atoms with Gasteiger partial charge in [0.05, 0.1) is 12.7 Å². The van der Waals surface area contributed by atoms with Crippen LogP contribution < -0.4 is 10.1 Å². The molecule has 0 amide bonds. The van der Waals surface area contributed by atoms with Crippen LogP contribution in [0, 0.1) is 0 Å². The van der Waals surface area contributed by atoms with Gasteiger partial charge in [0.25, 0.3) is 0 Å². The maximum Gasteiger partial charge on any atom is 0.125 e.